The van der Waals surface area contributed by atoms with Crippen molar-refractivity contribution in [3.05, 3.63) is 0 Å². The van der Waals surface area contributed by atoms with Crippen LogP contribution in [-0.2, 0) is 8.85 Å². The Balaban J connectivity index is 2.56. The molecule has 0 aromatic carbocycles. The summed E-state index contributed by atoms with van der Waals surface area (Å²) in [6, 6.07) is 0.941. The quantitative estimate of drug-likeness (QED) is 0.160. The predicted octanol–water partition coefficient (Wildman–Crippen LogP) is 9.83. The maximum absolute atomic E-state index is 6.97. The lowest BCUT2D eigenvalue weighted by Gasteiger charge is -2.46. The molecule has 0 unspecified atom stereocenters. The maximum atomic E-state index is 6.97. The predicted molar refractivity (Wildman–Crippen MR) is 162 cm³/mol. The Bertz CT molecular complexity index is 566. The Morgan fingerprint density at radius 1 is 0.686 bits per heavy atom. The highest BCUT2D eigenvalue weighted by molar-refractivity contribution is 6.74. The van der Waals surface area contributed by atoms with Crippen LogP contribution in [0.3, 0.4) is 0 Å². The molecule has 0 aromatic rings. The molecule has 0 radical (unpaired) electrons. The first kappa shape index (κ1) is 33.3. The molecule has 1 saturated heterocycles. The first-order chi connectivity index (χ1) is 16.1. The van der Waals surface area contributed by atoms with Crippen LogP contribution in [0.5, 0.6) is 0 Å². The van der Waals surface area contributed by atoms with Crippen LogP contribution in [0, 0.1) is 0 Å². The lowest BCUT2D eigenvalue weighted by Crippen LogP contribution is -2.58. The molecule has 0 saturated carbocycles. The Morgan fingerprint density at radius 2 is 1.17 bits per heavy atom. The largest absolute Gasteiger partial charge is 0.415 e. The summed E-state index contributed by atoms with van der Waals surface area (Å²) in [5.41, 5.74) is 0. The minimum absolute atomic E-state index is 0.241. The van der Waals surface area contributed by atoms with Gasteiger partial charge in [0.2, 0.25) is 0 Å². The Kier molecular flexibility index (Phi) is 14.3. The minimum atomic E-state index is -1.81. The highest BCUT2D eigenvalue weighted by Crippen LogP contribution is 2.40. The van der Waals surface area contributed by atoms with Crippen LogP contribution in [0.15, 0.2) is 0 Å². The normalized spacial score (nSPS) is 22.5. The van der Waals surface area contributed by atoms with Crippen LogP contribution >= 0.6 is 0 Å². The van der Waals surface area contributed by atoms with E-state index in [1.54, 1.807) is 0 Å². The van der Waals surface area contributed by atoms with Gasteiger partial charge in [0.15, 0.2) is 16.6 Å². The first-order valence-electron chi connectivity index (χ1n) is 15.2. The van der Waals surface area contributed by atoms with Crippen LogP contribution in [0.4, 0.5) is 0 Å². The summed E-state index contributed by atoms with van der Waals surface area (Å²) in [5, 5.41) is 4.51. The van der Waals surface area contributed by atoms with Gasteiger partial charge in [0.25, 0.3) is 0 Å². The molecule has 1 fully saturated rings. The third kappa shape index (κ3) is 12.1. The Morgan fingerprint density at radius 3 is 1.66 bits per heavy atom. The second-order valence-electron chi connectivity index (χ2n) is 14.5. The van der Waals surface area contributed by atoms with Gasteiger partial charge >= 0.3 is 0 Å². The van der Waals surface area contributed by atoms with E-state index in [2.05, 4.69) is 80.0 Å². The molecule has 1 aliphatic rings. The summed E-state index contributed by atoms with van der Waals surface area (Å²) >= 11 is 0. The number of hydrogen-bond donors (Lipinski definition) is 1. The van der Waals surface area contributed by atoms with E-state index in [9.17, 15) is 0 Å². The van der Waals surface area contributed by atoms with Crippen LogP contribution in [0.2, 0.25) is 36.3 Å². The number of rotatable bonds is 16. The molecule has 3 nitrogen and oxygen atoms in total. The smallest absolute Gasteiger partial charge is 0.192 e. The Hall–Kier alpha value is 0.314. The van der Waals surface area contributed by atoms with Crippen LogP contribution in [-0.4, -0.2) is 41.4 Å². The molecule has 5 heteroatoms. The highest BCUT2D eigenvalue weighted by Gasteiger charge is 2.43. The average Bonchev–Trinajstić information content (AvgIpc) is 2.73. The SMILES string of the molecule is CCCCCCCCCCCC[C@H]1CC[C@H](O[Si](C)(C)C(C)(C)C)[C@@H](CO[Si](C)(C)C(C)(C)C)N1. The molecule has 210 valence electrons. The van der Waals surface area contributed by atoms with Crippen LogP contribution in [0.1, 0.15) is 132 Å². The lowest BCUT2D eigenvalue weighted by molar-refractivity contribution is 0.0582. The molecule has 1 rings (SSSR count). The summed E-state index contributed by atoms with van der Waals surface area (Å²) in [6.45, 7) is 26.7. The summed E-state index contributed by atoms with van der Waals surface area (Å²) in [5.74, 6) is 0. The second-order valence-corrected chi connectivity index (χ2v) is 24.1. The van der Waals surface area contributed by atoms with E-state index < -0.39 is 16.6 Å². The molecule has 35 heavy (non-hydrogen) atoms. The molecular weight excluding hydrogens is 463 g/mol. The van der Waals surface area contributed by atoms with Gasteiger partial charge in [-0.25, -0.2) is 0 Å². The number of nitrogens with one attached hydrogen (secondary N) is 1. The Labute approximate surface area is 223 Å². The van der Waals surface area contributed by atoms with E-state index in [0.29, 0.717) is 12.1 Å². The molecule has 0 bridgehead atoms. The van der Waals surface area contributed by atoms with Gasteiger partial charge in [0.1, 0.15) is 0 Å². The van der Waals surface area contributed by atoms with Crippen molar-refractivity contribution in [3.8, 4) is 0 Å². The first-order valence-corrected chi connectivity index (χ1v) is 21.0. The molecule has 3 atom stereocenters. The molecule has 1 N–H and O–H groups in total. The molecule has 0 aliphatic carbocycles. The lowest BCUT2D eigenvalue weighted by atomic mass is 9.92. The fraction of sp³-hybridized carbons (Fsp3) is 1.00. The summed E-state index contributed by atoms with van der Waals surface area (Å²) in [7, 11) is -3.58. The fourth-order valence-corrected chi connectivity index (χ4v) is 6.95. The van der Waals surface area contributed by atoms with Crippen LogP contribution in [0.25, 0.3) is 0 Å². The minimum Gasteiger partial charge on any atom is -0.415 e. The van der Waals surface area contributed by atoms with Crippen molar-refractivity contribution >= 4 is 16.6 Å². The average molecular weight is 528 g/mol. The second kappa shape index (κ2) is 15.0. The van der Waals surface area contributed by atoms with E-state index in [4.69, 9.17) is 8.85 Å². The van der Waals surface area contributed by atoms with Crippen molar-refractivity contribution in [2.75, 3.05) is 6.61 Å². The van der Waals surface area contributed by atoms with Gasteiger partial charge in [-0.1, -0.05) is 113 Å². The van der Waals surface area contributed by atoms with E-state index in [1.807, 2.05) is 0 Å². The summed E-state index contributed by atoms with van der Waals surface area (Å²) in [6.07, 6.45) is 18.1. The van der Waals surface area contributed by atoms with Crippen molar-refractivity contribution in [1.29, 1.82) is 0 Å². The van der Waals surface area contributed by atoms with E-state index in [1.165, 1.54) is 83.5 Å². The molecule has 0 spiro atoms. The highest BCUT2D eigenvalue weighted by atomic mass is 28.4. The number of hydrogen-bond acceptors (Lipinski definition) is 3. The van der Waals surface area contributed by atoms with Crippen molar-refractivity contribution in [2.24, 2.45) is 0 Å². The van der Waals surface area contributed by atoms with E-state index >= 15 is 0 Å². The molecule has 0 aromatic heterocycles. The van der Waals surface area contributed by atoms with E-state index in [0.717, 1.165) is 6.61 Å². The monoisotopic (exact) mass is 527 g/mol. The zero-order valence-electron chi connectivity index (χ0n) is 25.9. The van der Waals surface area contributed by atoms with Gasteiger partial charge in [-0.3, -0.25) is 0 Å². The van der Waals surface area contributed by atoms with Gasteiger partial charge in [-0.2, -0.15) is 0 Å². The van der Waals surface area contributed by atoms with Gasteiger partial charge in [-0.15, -0.1) is 0 Å². The standard InChI is InChI=1S/C30H65NO2Si2/c1-12-13-14-15-16-17-18-19-20-21-22-26-23-24-28(33-35(10,11)30(5,6)7)27(31-26)25-32-34(8,9)29(2,3)4/h26-28,31H,12-25H2,1-11H3/t26-,27+,28-/m0/s1. The van der Waals surface area contributed by atoms with Crippen LogP contribution < -0.4 is 5.32 Å². The van der Waals surface area contributed by atoms with Gasteiger partial charge in [0.05, 0.1) is 18.8 Å². The summed E-state index contributed by atoms with van der Waals surface area (Å²) in [4.78, 5) is 0. The summed E-state index contributed by atoms with van der Waals surface area (Å²) < 4.78 is 13.7. The van der Waals surface area contributed by atoms with Gasteiger partial charge in [-0.05, 0) is 55.5 Å². The maximum Gasteiger partial charge on any atom is 0.192 e. The van der Waals surface area contributed by atoms with Crippen molar-refractivity contribution in [2.45, 2.75) is 186 Å². The van der Waals surface area contributed by atoms with Crippen molar-refractivity contribution < 1.29 is 8.85 Å². The fourth-order valence-electron chi connectivity index (χ4n) is 4.53. The molecular formula is C30H65NO2Si2. The van der Waals surface area contributed by atoms with E-state index in [-0.39, 0.29) is 16.2 Å². The third-order valence-electron chi connectivity index (χ3n) is 9.29. The topological polar surface area (TPSA) is 30.5 Å². The zero-order valence-corrected chi connectivity index (χ0v) is 27.9. The van der Waals surface area contributed by atoms with Crippen molar-refractivity contribution in [3.63, 3.8) is 0 Å². The molecule has 1 aliphatic heterocycles. The van der Waals surface area contributed by atoms with Gasteiger partial charge < -0.3 is 14.2 Å². The molecule has 0 amide bonds. The molecule has 1 heterocycles. The van der Waals surface area contributed by atoms with Crippen molar-refractivity contribution in [1.82, 2.24) is 5.32 Å². The number of piperidine rings is 1. The third-order valence-corrected chi connectivity index (χ3v) is 18.3. The van der Waals surface area contributed by atoms with Gasteiger partial charge in [0, 0.05) is 6.04 Å². The number of unbranched alkanes of at least 4 members (excludes halogenated alkanes) is 9. The zero-order chi connectivity index (χ0) is 26.8.